The molecule has 68 valence electrons. The first kappa shape index (κ1) is 9.72. The minimum atomic E-state index is 0.541. The van der Waals surface area contributed by atoms with Crippen molar-refractivity contribution in [2.24, 2.45) is 0 Å². The molecule has 1 aromatic heterocycles. The number of hydrogen-bond acceptors (Lipinski definition) is 1. The lowest BCUT2D eigenvalue weighted by Crippen LogP contribution is -1.82. The highest BCUT2D eigenvalue weighted by atomic mass is 14.6. The van der Waals surface area contributed by atoms with E-state index in [0.29, 0.717) is 5.92 Å². The molecule has 0 bridgehead atoms. The minimum Gasteiger partial charge on any atom is -0.265 e. The van der Waals surface area contributed by atoms with Gasteiger partial charge >= 0.3 is 0 Å². The smallest absolute Gasteiger partial charge is 0.0270 e. The van der Waals surface area contributed by atoms with E-state index >= 15 is 0 Å². The lowest BCUT2D eigenvalue weighted by molar-refractivity contribution is 0.867. The first-order valence-corrected chi connectivity index (χ1v) is 4.54. The van der Waals surface area contributed by atoms with Crippen molar-refractivity contribution in [3.63, 3.8) is 0 Å². The molecule has 0 amide bonds. The summed E-state index contributed by atoms with van der Waals surface area (Å²) in [6.07, 6.45) is 3.61. The van der Waals surface area contributed by atoms with Crippen molar-refractivity contribution in [1.29, 1.82) is 0 Å². The average molecular weight is 173 g/mol. The van der Waals surface area contributed by atoms with Gasteiger partial charge in [-0.3, -0.25) is 4.98 Å². The Kier molecular flexibility index (Phi) is 3.97. The van der Waals surface area contributed by atoms with Crippen LogP contribution in [0.2, 0.25) is 0 Å². The quantitative estimate of drug-likeness (QED) is 0.634. The van der Waals surface area contributed by atoms with Gasteiger partial charge in [0.15, 0.2) is 0 Å². The second-order valence-electron chi connectivity index (χ2n) is 3.21. The monoisotopic (exact) mass is 173 g/mol. The molecule has 1 heterocycles. The first-order chi connectivity index (χ1) is 6.30. The Bertz CT molecular complexity index is 279. The maximum atomic E-state index is 4.10. The zero-order valence-electron chi connectivity index (χ0n) is 8.14. The standard InChI is InChI=1S/C12H15N/c1-11(2)12-7-5-3-4-6-9-13-10-8-12/h3-11H,1-2H3. The van der Waals surface area contributed by atoms with E-state index in [4.69, 9.17) is 0 Å². The van der Waals surface area contributed by atoms with Gasteiger partial charge in [0.1, 0.15) is 0 Å². The SMILES string of the molecule is CC(C)c1ccccccncc1. The molecule has 13 heavy (non-hydrogen) atoms. The number of hydrogen-bond donors (Lipinski definition) is 0. The second-order valence-corrected chi connectivity index (χ2v) is 3.21. The molecule has 0 saturated heterocycles. The lowest BCUT2D eigenvalue weighted by Gasteiger charge is -2.00. The molecule has 0 aromatic carbocycles. The van der Waals surface area contributed by atoms with Gasteiger partial charge in [0.05, 0.1) is 0 Å². The average Bonchev–Trinajstić information content (AvgIpc) is 2.14. The summed E-state index contributed by atoms with van der Waals surface area (Å²) >= 11 is 0. The molecule has 0 saturated carbocycles. The topological polar surface area (TPSA) is 12.9 Å². The Morgan fingerprint density at radius 3 is 2.46 bits per heavy atom. The molecule has 1 rings (SSSR count). The molecule has 0 aliphatic rings. The van der Waals surface area contributed by atoms with E-state index in [0.717, 1.165) is 0 Å². The van der Waals surface area contributed by atoms with Crippen LogP contribution in [0.15, 0.2) is 48.8 Å². The molecule has 0 spiro atoms. The summed E-state index contributed by atoms with van der Waals surface area (Å²) in [4.78, 5) is 4.10. The highest BCUT2D eigenvalue weighted by Crippen LogP contribution is 2.10. The van der Waals surface area contributed by atoms with E-state index in [9.17, 15) is 0 Å². The summed E-state index contributed by atoms with van der Waals surface area (Å²) in [6, 6.07) is 12.1. The van der Waals surface area contributed by atoms with Gasteiger partial charge in [0, 0.05) is 12.4 Å². The minimum absolute atomic E-state index is 0.541. The fourth-order valence-corrected chi connectivity index (χ4v) is 1.01. The summed E-state index contributed by atoms with van der Waals surface area (Å²) in [7, 11) is 0. The van der Waals surface area contributed by atoms with Crippen molar-refractivity contribution in [3.05, 3.63) is 54.4 Å². The van der Waals surface area contributed by atoms with Gasteiger partial charge in [0.2, 0.25) is 0 Å². The molecule has 0 radical (unpaired) electrons. The molecule has 1 nitrogen and oxygen atoms in total. The summed E-state index contributed by atoms with van der Waals surface area (Å²) < 4.78 is 0. The number of aromatic nitrogens is 1. The molecule has 0 atom stereocenters. The van der Waals surface area contributed by atoms with Crippen LogP contribution in [0.5, 0.6) is 0 Å². The number of nitrogens with zero attached hydrogens (tertiary/aromatic N) is 1. The third-order valence-electron chi connectivity index (χ3n) is 1.81. The van der Waals surface area contributed by atoms with Gasteiger partial charge in [-0.15, -0.1) is 0 Å². The largest absolute Gasteiger partial charge is 0.265 e. The van der Waals surface area contributed by atoms with Crippen LogP contribution in [0.3, 0.4) is 0 Å². The molecule has 0 aliphatic heterocycles. The van der Waals surface area contributed by atoms with Crippen LogP contribution < -0.4 is 0 Å². The fourth-order valence-electron chi connectivity index (χ4n) is 1.01. The highest BCUT2D eigenvalue weighted by Gasteiger charge is 1.92. The van der Waals surface area contributed by atoms with Gasteiger partial charge in [0.25, 0.3) is 0 Å². The first-order valence-electron chi connectivity index (χ1n) is 4.54. The van der Waals surface area contributed by atoms with Crippen molar-refractivity contribution in [3.8, 4) is 0 Å². The van der Waals surface area contributed by atoms with E-state index < -0.39 is 0 Å². The third-order valence-corrected chi connectivity index (χ3v) is 1.81. The van der Waals surface area contributed by atoms with Crippen molar-refractivity contribution >= 4 is 0 Å². The zero-order chi connectivity index (χ0) is 9.52. The van der Waals surface area contributed by atoms with Crippen LogP contribution in [0.25, 0.3) is 0 Å². The van der Waals surface area contributed by atoms with Crippen LogP contribution in [0.1, 0.15) is 25.3 Å². The summed E-state index contributed by atoms with van der Waals surface area (Å²) in [5.41, 5.74) is 1.30. The Balaban J connectivity index is 3.11. The summed E-state index contributed by atoms with van der Waals surface area (Å²) in [5, 5.41) is 0. The number of rotatable bonds is 1. The van der Waals surface area contributed by atoms with E-state index in [2.05, 4.69) is 31.0 Å². The van der Waals surface area contributed by atoms with Gasteiger partial charge in [-0.2, -0.15) is 0 Å². The maximum absolute atomic E-state index is 4.10. The van der Waals surface area contributed by atoms with Crippen molar-refractivity contribution in [2.45, 2.75) is 19.8 Å². The Morgan fingerprint density at radius 1 is 0.923 bits per heavy atom. The van der Waals surface area contributed by atoms with Crippen LogP contribution in [0, 0.1) is 0 Å². The third kappa shape index (κ3) is 3.70. The molecule has 0 aliphatic carbocycles. The maximum Gasteiger partial charge on any atom is 0.0270 e. The fraction of sp³-hybridized carbons (Fsp3) is 0.250. The van der Waals surface area contributed by atoms with Gasteiger partial charge in [-0.25, -0.2) is 0 Å². The Morgan fingerprint density at radius 2 is 1.69 bits per heavy atom. The predicted molar refractivity (Wildman–Crippen MR) is 56.0 cm³/mol. The van der Waals surface area contributed by atoms with Crippen molar-refractivity contribution in [2.75, 3.05) is 0 Å². The van der Waals surface area contributed by atoms with Gasteiger partial charge in [-0.1, -0.05) is 38.1 Å². The van der Waals surface area contributed by atoms with Gasteiger partial charge in [-0.05, 0) is 23.6 Å². The van der Waals surface area contributed by atoms with Crippen LogP contribution in [-0.4, -0.2) is 4.98 Å². The van der Waals surface area contributed by atoms with Crippen molar-refractivity contribution in [1.82, 2.24) is 4.98 Å². The van der Waals surface area contributed by atoms with E-state index in [1.807, 2.05) is 30.5 Å². The molecule has 0 N–H and O–H groups in total. The molecule has 0 fully saturated rings. The molecule has 1 aromatic rings. The zero-order valence-corrected chi connectivity index (χ0v) is 8.14. The highest BCUT2D eigenvalue weighted by molar-refractivity contribution is 5.13. The molecule has 1 heteroatoms. The van der Waals surface area contributed by atoms with E-state index in [1.54, 1.807) is 6.20 Å². The normalized spacial score (nSPS) is 9.46. The van der Waals surface area contributed by atoms with Crippen LogP contribution in [0.4, 0.5) is 0 Å². The van der Waals surface area contributed by atoms with Crippen molar-refractivity contribution < 1.29 is 0 Å². The Hall–Kier alpha value is -1.37. The molecular formula is C12H15N. The molecular weight excluding hydrogens is 158 g/mol. The lowest BCUT2D eigenvalue weighted by atomic mass is 10.1. The molecule has 0 unspecified atom stereocenters. The van der Waals surface area contributed by atoms with Gasteiger partial charge < -0.3 is 0 Å². The Labute approximate surface area is 79.8 Å². The van der Waals surface area contributed by atoms with Crippen LogP contribution >= 0.6 is 0 Å². The van der Waals surface area contributed by atoms with Crippen LogP contribution in [-0.2, 0) is 0 Å². The van der Waals surface area contributed by atoms with E-state index in [1.165, 1.54) is 5.56 Å². The summed E-state index contributed by atoms with van der Waals surface area (Å²) in [6.45, 7) is 4.35. The van der Waals surface area contributed by atoms with E-state index in [-0.39, 0.29) is 0 Å². The summed E-state index contributed by atoms with van der Waals surface area (Å²) in [5.74, 6) is 0.541. The predicted octanol–water partition coefficient (Wildman–Crippen LogP) is 3.33. The second kappa shape index (κ2) is 5.31.